The third-order valence-corrected chi connectivity index (χ3v) is 2.68. The van der Waals surface area contributed by atoms with E-state index in [-0.39, 0.29) is 6.42 Å². The molecular formula is C13H15NO2. The van der Waals surface area contributed by atoms with Crippen LogP contribution in [0.15, 0.2) is 30.5 Å². The number of aliphatic carboxylic acids is 1. The van der Waals surface area contributed by atoms with Crippen molar-refractivity contribution in [3.8, 4) is 0 Å². The van der Waals surface area contributed by atoms with Gasteiger partial charge in [-0.25, -0.2) is 0 Å². The van der Waals surface area contributed by atoms with Crippen LogP contribution in [-0.2, 0) is 17.8 Å². The summed E-state index contributed by atoms with van der Waals surface area (Å²) < 4.78 is 2.13. The Labute approximate surface area is 94.3 Å². The molecule has 0 radical (unpaired) electrons. The topological polar surface area (TPSA) is 42.2 Å². The van der Waals surface area contributed by atoms with Crippen LogP contribution in [0.3, 0.4) is 0 Å². The first kappa shape index (κ1) is 10.7. The van der Waals surface area contributed by atoms with E-state index in [4.69, 9.17) is 5.11 Å². The quantitative estimate of drug-likeness (QED) is 0.855. The zero-order valence-electron chi connectivity index (χ0n) is 9.31. The van der Waals surface area contributed by atoms with E-state index in [9.17, 15) is 4.79 Å². The van der Waals surface area contributed by atoms with E-state index < -0.39 is 5.97 Å². The van der Waals surface area contributed by atoms with E-state index in [1.807, 2.05) is 30.5 Å². The predicted molar refractivity (Wildman–Crippen MR) is 63.6 cm³/mol. The number of hydrogen-bond donors (Lipinski definition) is 1. The number of fused-ring (bicyclic) bond motifs is 1. The maximum atomic E-state index is 10.8. The van der Waals surface area contributed by atoms with Gasteiger partial charge in [-0.15, -0.1) is 0 Å². The Bertz CT molecular complexity index is 514. The summed E-state index contributed by atoms with van der Waals surface area (Å²) in [7, 11) is 0. The molecule has 1 N–H and O–H groups in total. The molecule has 0 saturated heterocycles. The number of nitrogens with zero attached hydrogens (tertiary/aromatic N) is 1. The third kappa shape index (κ3) is 1.94. The van der Waals surface area contributed by atoms with E-state index in [1.54, 1.807) is 0 Å². The van der Waals surface area contributed by atoms with Crippen LogP contribution in [-0.4, -0.2) is 15.6 Å². The van der Waals surface area contributed by atoms with E-state index in [0.29, 0.717) is 0 Å². The van der Waals surface area contributed by atoms with Gasteiger partial charge in [0.1, 0.15) is 0 Å². The minimum atomic E-state index is -0.778. The molecule has 3 nitrogen and oxygen atoms in total. The first-order chi connectivity index (χ1) is 7.72. The highest BCUT2D eigenvalue weighted by atomic mass is 16.4. The van der Waals surface area contributed by atoms with Crippen molar-refractivity contribution in [3.05, 3.63) is 36.0 Å². The number of aromatic nitrogens is 1. The molecule has 0 aliphatic rings. The molecule has 16 heavy (non-hydrogen) atoms. The standard InChI is InChI=1S/C13H15NO2/c1-2-7-14-9-10(8-13(15)16)11-5-3-4-6-12(11)14/h3-6,9H,2,7-8H2,1H3,(H,15,16). The first-order valence-corrected chi connectivity index (χ1v) is 5.51. The summed E-state index contributed by atoms with van der Waals surface area (Å²) in [5.41, 5.74) is 2.03. The van der Waals surface area contributed by atoms with Gasteiger partial charge >= 0.3 is 5.97 Å². The minimum Gasteiger partial charge on any atom is -0.481 e. The van der Waals surface area contributed by atoms with Gasteiger partial charge in [-0.1, -0.05) is 25.1 Å². The first-order valence-electron chi connectivity index (χ1n) is 5.51. The summed E-state index contributed by atoms with van der Waals surface area (Å²) in [6, 6.07) is 7.96. The van der Waals surface area contributed by atoms with Gasteiger partial charge in [0.25, 0.3) is 0 Å². The largest absolute Gasteiger partial charge is 0.481 e. The van der Waals surface area contributed by atoms with Gasteiger partial charge in [-0.3, -0.25) is 4.79 Å². The Hall–Kier alpha value is -1.77. The van der Waals surface area contributed by atoms with Gasteiger partial charge in [0, 0.05) is 23.6 Å². The average Bonchev–Trinajstić information content (AvgIpc) is 2.58. The van der Waals surface area contributed by atoms with Crippen molar-refractivity contribution in [2.75, 3.05) is 0 Å². The zero-order valence-corrected chi connectivity index (χ0v) is 9.31. The number of benzene rings is 1. The molecule has 84 valence electrons. The van der Waals surface area contributed by atoms with Crippen LogP contribution in [0.5, 0.6) is 0 Å². The Morgan fingerprint density at radius 1 is 1.38 bits per heavy atom. The van der Waals surface area contributed by atoms with Gasteiger partial charge in [-0.2, -0.15) is 0 Å². The molecular weight excluding hydrogens is 202 g/mol. The highest BCUT2D eigenvalue weighted by molar-refractivity contribution is 5.87. The highest BCUT2D eigenvalue weighted by Crippen LogP contribution is 2.22. The van der Waals surface area contributed by atoms with Crippen LogP contribution in [0, 0.1) is 0 Å². The Morgan fingerprint density at radius 3 is 2.81 bits per heavy atom. The molecule has 1 aromatic heterocycles. The molecule has 0 amide bonds. The van der Waals surface area contributed by atoms with Crippen LogP contribution in [0.1, 0.15) is 18.9 Å². The van der Waals surface area contributed by atoms with Crippen LogP contribution in [0.4, 0.5) is 0 Å². The molecule has 0 spiro atoms. The van der Waals surface area contributed by atoms with Crippen molar-refractivity contribution in [3.63, 3.8) is 0 Å². The molecule has 0 atom stereocenters. The van der Waals surface area contributed by atoms with Gasteiger partial charge in [0.2, 0.25) is 0 Å². The number of carbonyl (C=O) groups is 1. The second kappa shape index (κ2) is 4.39. The van der Waals surface area contributed by atoms with E-state index in [1.165, 1.54) is 0 Å². The second-order valence-electron chi connectivity index (χ2n) is 3.94. The predicted octanol–water partition coefficient (Wildman–Crippen LogP) is 2.68. The Balaban J connectivity index is 2.52. The minimum absolute atomic E-state index is 0.0945. The molecule has 0 fully saturated rings. The summed E-state index contributed by atoms with van der Waals surface area (Å²) in [6.45, 7) is 3.05. The lowest BCUT2D eigenvalue weighted by Gasteiger charge is -2.01. The summed E-state index contributed by atoms with van der Waals surface area (Å²) in [6.07, 6.45) is 3.10. The van der Waals surface area contributed by atoms with Crippen LogP contribution >= 0.6 is 0 Å². The van der Waals surface area contributed by atoms with E-state index >= 15 is 0 Å². The summed E-state index contributed by atoms with van der Waals surface area (Å²) in [5.74, 6) is -0.778. The molecule has 1 heterocycles. The fraction of sp³-hybridized carbons (Fsp3) is 0.308. The van der Waals surface area contributed by atoms with Crippen molar-refractivity contribution >= 4 is 16.9 Å². The lowest BCUT2D eigenvalue weighted by atomic mass is 10.1. The molecule has 0 saturated carbocycles. The maximum Gasteiger partial charge on any atom is 0.307 e. The number of aryl methyl sites for hydroxylation is 1. The average molecular weight is 217 g/mol. The number of hydrogen-bond acceptors (Lipinski definition) is 1. The highest BCUT2D eigenvalue weighted by Gasteiger charge is 2.09. The Morgan fingerprint density at radius 2 is 2.12 bits per heavy atom. The SMILES string of the molecule is CCCn1cc(CC(=O)O)c2ccccc21. The van der Waals surface area contributed by atoms with Crippen LogP contribution in [0.25, 0.3) is 10.9 Å². The van der Waals surface area contributed by atoms with Crippen LogP contribution < -0.4 is 0 Å². The smallest absolute Gasteiger partial charge is 0.307 e. The van der Waals surface area contributed by atoms with E-state index in [2.05, 4.69) is 11.5 Å². The van der Waals surface area contributed by atoms with Gasteiger partial charge in [0.05, 0.1) is 6.42 Å². The molecule has 0 unspecified atom stereocenters. The zero-order chi connectivity index (χ0) is 11.5. The molecule has 2 aromatic rings. The van der Waals surface area contributed by atoms with Gasteiger partial charge < -0.3 is 9.67 Å². The summed E-state index contributed by atoms with van der Waals surface area (Å²) in [4.78, 5) is 10.8. The second-order valence-corrected chi connectivity index (χ2v) is 3.94. The Kier molecular flexibility index (Phi) is 2.95. The van der Waals surface area contributed by atoms with Crippen molar-refractivity contribution < 1.29 is 9.90 Å². The van der Waals surface area contributed by atoms with Crippen molar-refractivity contribution in [2.24, 2.45) is 0 Å². The lowest BCUT2D eigenvalue weighted by molar-refractivity contribution is -0.136. The number of carboxylic acid groups (broad SMARTS) is 1. The van der Waals surface area contributed by atoms with Gasteiger partial charge in [0.15, 0.2) is 0 Å². The molecule has 1 aromatic carbocycles. The molecule has 3 heteroatoms. The number of rotatable bonds is 4. The fourth-order valence-corrected chi connectivity index (χ4v) is 2.05. The molecule has 2 rings (SSSR count). The molecule has 0 bridgehead atoms. The monoisotopic (exact) mass is 217 g/mol. The number of carboxylic acids is 1. The van der Waals surface area contributed by atoms with Gasteiger partial charge in [-0.05, 0) is 18.1 Å². The van der Waals surface area contributed by atoms with Crippen molar-refractivity contribution in [1.82, 2.24) is 4.57 Å². The summed E-state index contributed by atoms with van der Waals surface area (Å²) >= 11 is 0. The van der Waals surface area contributed by atoms with Crippen LogP contribution in [0.2, 0.25) is 0 Å². The molecule has 0 aliphatic heterocycles. The number of para-hydroxylation sites is 1. The maximum absolute atomic E-state index is 10.8. The third-order valence-electron chi connectivity index (χ3n) is 2.68. The van der Waals surface area contributed by atoms with E-state index in [0.717, 1.165) is 29.4 Å². The lowest BCUT2D eigenvalue weighted by Crippen LogP contribution is -1.99. The molecule has 0 aliphatic carbocycles. The van der Waals surface area contributed by atoms with Crippen molar-refractivity contribution in [2.45, 2.75) is 26.3 Å². The van der Waals surface area contributed by atoms with Crippen molar-refractivity contribution in [1.29, 1.82) is 0 Å². The normalized spacial score (nSPS) is 10.8. The fourth-order valence-electron chi connectivity index (χ4n) is 2.05. The summed E-state index contributed by atoms with van der Waals surface area (Å²) in [5, 5.41) is 9.91.